The Labute approximate surface area is 411 Å². The maximum absolute atomic E-state index is 13.5. The van der Waals surface area contributed by atoms with Crippen LogP contribution in [0.2, 0.25) is 0 Å². The summed E-state index contributed by atoms with van der Waals surface area (Å²) in [6, 6.07) is -0.666. The van der Waals surface area contributed by atoms with Crippen molar-refractivity contribution in [2.45, 2.75) is 159 Å². The zero-order valence-electron chi connectivity index (χ0n) is 44.0. The van der Waals surface area contributed by atoms with Crippen molar-refractivity contribution >= 4 is 23.5 Å². The van der Waals surface area contributed by atoms with Gasteiger partial charge in [-0.3, -0.25) is 19.2 Å². The van der Waals surface area contributed by atoms with Crippen LogP contribution in [0.15, 0.2) is 117 Å². The van der Waals surface area contributed by atoms with E-state index < -0.39 is 6.04 Å². The highest BCUT2D eigenvalue weighted by Gasteiger charge is 2.27. The Morgan fingerprint density at radius 2 is 1.15 bits per heavy atom. The molecule has 0 heterocycles. The van der Waals surface area contributed by atoms with Gasteiger partial charge in [-0.2, -0.15) is 0 Å². The lowest BCUT2D eigenvalue weighted by Gasteiger charge is -2.33. The number of ether oxygens (including phenoxy) is 3. The zero-order chi connectivity index (χ0) is 50.4. The molecule has 0 aromatic rings. The lowest BCUT2D eigenvalue weighted by Crippen LogP contribution is -2.40. The Morgan fingerprint density at radius 3 is 1.69 bits per heavy atom. The van der Waals surface area contributed by atoms with Crippen molar-refractivity contribution in [3.63, 3.8) is 0 Å². The molecule has 0 aliphatic heterocycles. The smallest absolute Gasteiger partial charge is 0.244 e. The lowest BCUT2D eigenvalue weighted by atomic mass is 9.72. The maximum atomic E-state index is 13.5. The summed E-state index contributed by atoms with van der Waals surface area (Å²) in [4.78, 5) is 51.2. The molecule has 0 fully saturated rings. The Morgan fingerprint density at radius 1 is 0.603 bits per heavy atom. The zero-order valence-corrected chi connectivity index (χ0v) is 44.0. The molecule has 0 aromatic carbocycles. The summed E-state index contributed by atoms with van der Waals surface area (Å²) >= 11 is 0. The van der Waals surface area contributed by atoms with Crippen molar-refractivity contribution in [1.82, 2.24) is 16.0 Å². The van der Waals surface area contributed by atoms with Crippen LogP contribution in [-0.2, 0) is 33.4 Å². The molecule has 0 bridgehead atoms. The molecule has 68 heavy (non-hydrogen) atoms. The summed E-state index contributed by atoms with van der Waals surface area (Å²) in [5, 5.41) is 8.71. The number of nitrogens with one attached hydrogen (secondary N) is 3. The first kappa shape index (κ1) is 59.5. The highest BCUT2D eigenvalue weighted by molar-refractivity contribution is 5.94. The molecule has 2 rings (SSSR count). The van der Waals surface area contributed by atoms with Gasteiger partial charge in [-0.1, -0.05) is 111 Å². The van der Waals surface area contributed by atoms with Gasteiger partial charge in [0, 0.05) is 51.3 Å². The van der Waals surface area contributed by atoms with Crippen LogP contribution < -0.4 is 16.0 Å². The minimum absolute atomic E-state index is 0.0594. The topological polar surface area (TPSA) is 132 Å². The van der Waals surface area contributed by atoms with Crippen LogP contribution >= 0.6 is 0 Å². The van der Waals surface area contributed by atoms with E-state index >= 15 is 0 Å². The van der Waals surface area contributed by atoms with Crippen molar-refractivity contribution < 1.29 is 33.4 Å². The van der Waals surface area contributed by atoms with Crippen molar-refractivity contribution in [3.8, 4) is 0 Å². The van der Waals surface area contributed by atoms with Gasteiger partial charge in [-0.05, 0) is 146 Å². The minimum Gasteiger partial charge on any atom is -0.381 e. The Balaban J connectivity index is 1.92. The summed E-state index contributed by atoms with van der Waals surface area (Å²) < 4.78 is 16.4. The van der Waals surface area contributed by atoms with Crippen LogP contribution in [0.1, 0.15) is 153 Å². The second-order valence-corrected chi connectivity index (χ2v) is 19.8. The monoisotopic (exact) mass is 940 g/mol. The largest absolute Gasteiger partial charge is 0.381 e. The fraction of sp³-hybridized carbons (Fsp3) is 0.586. The molecule has 3 amide bonds. The van der Waals surface area contributed by atoms with E-state index in [1.165, 1.54) is 60.5 Å². The quantitative estimate of drug-likeness (QED) is 0.0358. The van der Waals surface area contributed by atoms with Gasteiger partial charge in [0.05, 0.1) is 32.5 Å². The molecule has 2 aliphatic rings. The van der Waals surface area contributed by atoms with Gasteiger partial charge in [0.2, 0.25) is 17.7 Å². The molecule has 1 atom stereocenters. The molecule has 10 nitrogen and oxygen atoms in total. The third-order valence-corrected chi connectivity index (χ3v) is 12.5. The molecule has 0 spiro atoms. The lowest BCUT2D eigenvalue weighted by molar-refractivity contribution is -0.126. The van der Waals surface area contributed by atoms with Crippen LogP contribution in [0.3, 0.4) is 0 Å². The Kier molecular flexibility index (Phi) is 28.9. The van der Waals surface area contributed by atoms with Crippen molar-refractivity contribution in [2.75, 3.05) is 52.7 Å². The van der Waals surface area contributed by atoms with Crippen LogP contribution in [0.4, 0.5) is 0 Å². The number of ketones is 1. The predicted molar refractivity (Wildman–Crippen MR) is 281 cm³/mol. The van der Waals surface area contributed by atoms with E-state index in [-0.39, 0.29) is 40.8 Å². The summed E-state index contributed by atoms with van der Waals surface area (Å²) in [5.74, 6) is -0.625. The molecule has 0 aromatic heterocycles. The van der Waals surface area contributed by atoms with E-state index in [1.807, 2.05) is 51.2 Å². The van der Waals surface area contributed by atoms with Gasteiger partial charge in [-0.25, -0.2) is 0 Å². The van der Waals surface area contributed by atoms with E-state index in [0.29, 0.717) is 84.8 Å². The first-order valence-corrected chi connectivity index (χ1v) is 25.3. The van der Waals surface area contributed by atoms with Crippen LogP contribution in [0.25, 0.3) is 0 Å². The third kappa shape index (κ3) is 25.6. The average molecular weight is 940 g/mol. The highest BCUT2D eigenvalue weighted by atomic mass is 16.5. The Bertz CT molecular complexity index is 1950. The van der Waals surface area contributed by atoms with Crippen molar-refractivity contribution in [3.05, 3.63) is 117 Å². The molecule has 0 saturated heterocycles. The van der Waals surface area contributed by atoms with Crippen molar-refractivity contribution in [2.24, 2.45) is 10.8 Å². The van der Waals surface area contributed by atoms with Gasteiger partial charge >= 0.3 is 0 Å². The van der Waals surface area contributed by atoms with Crippen molar-refractivity contribution in [1.29, 1.82) is 0 Å². The number of rotatable bonds is 31. The fourth-order valence-corrected chi connectivity index (χ4v) is 8.54. The number of hydrogen-bond donors (Lipinski definition) is 3. The molecule has 10 heteroatoms. The van der Waals surface area contributed by atoms with Crippen LogP contribution in [0.5, 0.6) is 0 Å². The van der Waals surface area contributed by atoms with Gasteiger partial charge in [0.1, 0.15) is 0 Å². The number of hydrogen-bond acceptors (Lipinski definition) is 7. The SMILES string of the molecule is CCOCCC(=O)NCCOCCOCCCC(=O)[C@H](CCCCNC(=O)/C=C(C)/C=C/C=C(C)/C=C/C1=C(C)CCCC1(C)C)NC(=O)/C=C(C)/C=C/C=C(C)/C=C/C1=C(C)CCCC1(C)C. The minimum atomic E-state index is -0.666. The first-order chi connectivity index (χ1) is 32.3. The van der Waals surface area contributed by atoms with Gasteiger partial charge < -0.3 is 30.2 Å². The third-order valence-electron chi connectivity index (χ3n) is 12.5. The summed E-state index contributed by atoms with van der Waals surface area (Å²) in [6.45, 7) is 26.9. The number of allylic oxidation sites excluding steroid dienone is 18. The second kappa shape index (κ2) is 33.0. The normalized spacial score (nSPS) is 17.8. The van der Waals surface area contributed by atoms with Gasteiger partial charge in [0.15, 0.2) is 5.78 Å². The standard InChI is InChI=1S/C58H89N3O7/c1-12-66-38-32-54(63)60-36-39-68-41-40-67-37-19-27-53(62)52(61-56(65)43-47(5)23-16-21-45(3)29-31-51-49(7)25-18-34-58(51,10)11)26-13-14-35-59-55(64)42-46(4)22-15-20-44(2)28-30-50-48(6)24-17-33-57(50,8)9/h15-16,20-23,28-31,42-43,52H,12-14,17-19,24-27,32-41H2,1-11H3,(H,59,64)(H,60,63)(H,61,65)/b22-15+,23-16+,30-28+,31-29+,44-20+,45-21+,46-42+,47-43+/t52-/m0/s1. The van der Waals surface area contributed by atoms with Gasteiger partial charge in [-0.15, -0.1) is 0 Å². The molecular formula is C58H89N3O7. The number of Topliss-reactive ketones (excluding diaryl/α,β-unsaturated/α-hetero) is 1. The summed E-state index contributed by atoms with van der Waals surface area (Å²) in [5.41, 5.74) is 10.0. The van der Waals surface area contributed by atoms with Crippen LogP contribution in [-0.4, -0.2) is 82.3 Å². The number of amides is 3. The van der Waals surface area contributed by atoms with E-state index in [0.717, 1.165) is 28.7 Å². The molecule has 0 unspecified atom stereocenters. The molecular weight excluding hydrogens is 851 g/mol. The highest BCUT2D eigenvalue weighted by Crippen LogP contribution is 2.41. The Hall–Kier alpha value is -4.64. The number of carbonyl (C=O) groups is 4. The van der Waals surface area contributed by atoms with E-state index in [4.69, 9.17) is 14.2 Å². The average Bonchev–Trinajstić information content (AvgIpc) is 3.25. The first-order valence-electron chi connectivity index (χ1n) is 25.3. The number of carbonyl (C=O) groups excluding carboxylic acids is 4. The fourth-order valence-electron chi connectivity index (χ4n) is 8.54. The van der Waals surface area contributed by atoms with E-state index in [9.17, 15) is 19.2 Å². The second-order valence-electron chi connectivity index (χ2n) is 19.8. The maximum Gasteiger partial charge on any atom is 0.244 e. The van der Waals surface area contributed by atoms with Gasteiger partial charge in [0.25, 0.3) is 0 Å². The molecule has 0 saturated carbocycles. The molecule has 378 valence electrons. The summed E-state index contributed by atoms with van der Waals surface area (Å²) in [7, 11) is 0. The molecule has 0 radical (unpaired) electrons. The predicted octanol–water partition coefficient (Wildman–Crippen LogP) is 11.7. The van der Waals surface area contributed by atoms with Crippen LogP contribution in [0, 0.1) is 10.8 Å². The molecule has 3 N–H and O–H groups in total. The van der Waals surface area contributed by atoms with E-state index in [2.05, 4.69) is 102 Å². The summed E-state index contributed by atoms with van der Waals surface area (Å²) in [6.07, 6.45) is 33.8. The van der Waals surface area contributed by atoms with E-state index in [1.54, 1.807) is 6.08 Å². The molecule has 2 aliphatic carbocycles. The number of unbranched alkanes of at least 4 members (excludes halogenated alkanes) is 1.